The van der Waals surface area contributed by atoms with E-state index in [2.05, 4.69) is 12.2 Å². The fourth-order valence-corrected chi connectivity index (χ4v) is 3.69. The molecular weight excluding hydrogens is 268 g/mol. The predicted octanol–water partition coefficient (Wildman–Crippen LogP) is 2.85. The summed E-state index contributed by atoms with van der Waals surface area (Å²) in [5.74, 6) is 0.644. The Morgan fingerprint density at radius 3 is 2.43 bits per heavy atom. The van der Waals surface area contributed by atoms with Crippen LogP contribution < -0.4 is 5.32 Å². The zero-order valence-electron chi connectivity index (χ0n) is 13.0. The van der Waals surface area contributed by atoms with E-state index >= 15 is 0 Å². The highest BCUT2D eigenvalue weighted by atomic mass is 16.4. The molecule has 0 aromatic carbocycles. The molecule has 0 aromatic rings. The standard InChI is InChI=1S/C16H28N2O3/c1-2-12-5-7-13(8-6-12)11-17-16(21)18-9-3-4-14(18)10-15(19)20/h12-14H,2-11H2,1H3,(H,17,21)(H,19,20). The number of nitrogens with one attached hydrogen (secondary N) is 1. The van der Waals surface area contributed by atoms with Crippen molar-refractivity contribution in [1.29, 1.82) is 0 Å². The summed E-state index contributed by atoms with van der Waals surface area (Å²) in [6.07, 6.45) is 8.02. The van der Waals surface area contributed by atoms with E-state index in [1.54, 1.807) is 4.90 Å². The van der Waals surface area contributed by atoms with Gasteiger partial charge in [0.15, 0.2) is 0 Å². The second-order valence-corrected chi connectivity index (χ2v) is 6.57. The SMILES string of the molecule is CCC1CCC(CNC(=O)N2CCCC2CC(=O)O)CC1. The van der Waals surface area contributed by atoms with Crippen molar-refractivity contribution in [2.24, 2.45) is 11.8 Å². The first-order chi connectivity index (χ1) is 10.1. The Hall–Kier alpha value is -1.26. The number of likely N-dealkylation sites (tertiary alicyclic amines) is 1. The van der Waals surface area contributed by atoms with E-state index in [0.717, 1.165) is 25.3 Å². The topological polar surface area (TPSA) is 69.6 Å². The molecule has 0 bridgehead atoms. The number of nitrogens with zero attached hydrogens (tertiary/aromatic N) is 1. The fraction of sp³-hybridized carbons (Fsp3) is 0.875. The number of rotatable bonds is 5. The molecular formula is C16H28N2O3. The number of amides is 2. The van der Waals surface area contributed by atoms with Crippen LogP contribution in [0.2, 0.25) is 0 Å². The van der Waals surface area contributed by atoms with Crippen LogP contribution in [0.25, 0.3) is 0 Å². The normalized spacial score (nSPS) is 29.4. The highest BCUT2D eigenvalue weighted by molar-refractivity contribution is 5.76. The maximum absolute atomic E-state index is 12.2. The monoisotopic (exact) mass is 296 g/mol. The van der Waals surface area contributed by atoms with Gasteiger partial charge in [0.05, 0.1) is 6.42 Å². The summed E-state index contributed by atoms with van der Waals surface area (Å²) in [6.45, 7) is 3.68. The van der Waals surface area contributed by atoms with Crippen LogP contribution in [-0.4, -0.2) is 41.1 Å². The van der Waals surface area contributed by atoms with Crippen LogP contribution >= 0.6 is 0 Å². The van der Waals surface area contributed by atoms with Gasteiger partial charge >= 0.3 is 12.0 Å². The van der Waals surface area contributed by atoms with Gasteiger partial charge in [-0.3, -0.25) is 4.79 Å². The quantitative estimate of drug-likeness (QED) is 0.819. The van der Waals surface area contributed by atoms with Crippen molar-refractivity contribution in [1.82, 2.24) is 10.2 Å². The van der Waals surface area contributed by atoms with Crippen LogP contribution in [0.3, 0.4) is 0 Å². The van der Waals surface area contributed by atoms with E-state index in [0.29, 0.717) is 12.5 Å². The molecule has 5 heteroatoms. The van der Waals surface area contributed by atoms with Crippen molar-refractivity contribution < 1.29 is 14.7 Å². The van der Waals surface area contributed by atoms with Gasteiger partial charge in [-0.1, -0.05) is 26.2 Å². The van der Waals surface area contributed by atoms with Gasteiger partial charge in [0.1, 0.15) is 0 Å². The summed E-state index contributed by atoms with van der Waals surface area (Å²) < 4.78 is 0. The third-order valence-corrected chi connectivity index (χ3v) is 5.13. The van der Waals surface area contributed by atoms with Crippen molar-refractivity contribution in [3.63, 3.8) is 0 Å². The molecule has 1 heterocycles. The van der Waals surface area contributed by atoms with Crippen molar-refractivity contribution in [2.75, 3.05) is 13.1 Å². The summed E-state index contributed by atoms with van der Waals surface area (Å²) in [4.78, 5) is 24.8. The van der Waals surface area contributed by atoms with Crippen molar-refractivity contribution in [3.05, 3.63) is 0 Å². The Balaban J connectivity index is 1.73. The summed E-state index contributed by atoms with van der Waals surface area (Å²) in [7, 11) is 0. The zero-order chi connectivity index (χ0) is 15.2. The number of carboxylic acids is 1. The van der Waals surface area contributed by atoms with E-state index < -0.39 is 5.97 Å². The Kier molecular flexibility index (Phi) is 5.88. The molecule has 1 saturated carbocycles. The van der Waals surface area contributed by atoms with Gasteiger partial charge in [-0.2, -0.15) is 0 Å². The summed E-state index contributed by atoms with van der Waals surface area (Å²) in [5.41, 5.74) is 0. The first-order valence-corrected chi connectivity index (χ1v) is 8.36. The molecule has 2 fully saturated rings. The number of urea groups is 1. The minimum absolute atomic E-state index is 0.0645. The van der Waals surface area contributed by atoms with E-state index in [9.17, 15) is 9.59 Å². The molecule has 120 valence electrons. The average Bonchev–Trinajstić information content (AvgIpc) is 2.92. The van der Waals surface area contributed by atoms with Crippen LogP contribution in [0.15, 0.2) is 0 Å². The molecule has 21 heavy (non-hydrogen) atoms. The minimum atomic E-state index is -0.822. The molecule has 1 atom stereocenters. The van der Waals surface area contributed by atoms with Gasteiger partial charge in [0.2, 0.25) is 0 Å². The summed E-state index contributed by atoms with van der Waals surface area (Å²) >= 11 is 0. The summed E-state index contributed by atoms with van der Waals surface area (Å²) in [5, 5.41) is 11.9. The first-order valence-electron chi connectivity index (χ1n) is 8.36. The van der Waals surface area contributed by atoms with Crippen LogP contribution in [0.4, 0.5) is 4.79 Å². The third kappa shape index (κ3) is 4.61. The fourth-order valence-electron chi connectivity index (χ4n) is 3.69. The maximum Gasteiger partial charge on any atom is 0.317 e. The lowest BCUT2D eigenvalue weighted by Crippen LogP contribution is -2.45. The lowest BCUT2D eigenvalue weighted by Gasteiger charge is -2.29. The molecule has 0 aromatic heterocycles. The van der Waals surface area contributed by atoms with E-state index in [-0.39, 0.29) is 18.5 Å². The molecule has 2 aliphatic rings. The second kappa shape index (κ2) is 7.66. The number of carbonyl (C=O) groups excluding carboxylic acids is 1. The Morgan fingerprint density at radius 1 is 1.14 bits per heavy atom. The molecule has 1 unspecified atom stereocenters. The van der Waals surface area contributed by atoms with Gasteiger partial charge < -0.3 is 15.3 Å². The lowest BCUT2D eigenvalue weighted by atomic mass is 9.81. The second-order valence-electron chi connectivity index (χ2n) is 6.57. The first kappa shape index (κ1) is 16.1. The van der Waals surface area contributed by atoms with E-state index in [4.69, 9.17) is 5.11 Å². The number of hydrogen-bond acceptors (Lipinski definition) is 2. The number of aliphatic carboxylic acids is 1. The van der Waals surface area contributed by atoms with Gasteiger partial charge in [-0.25, -0.2) is 4.79 Å². The van der Waals surface area contributed by atoms with Crippen LogP contribution in [-0.2, 0) is 4.79 Å². The minimum Gasteiger partial charge on any atom is -0.481 e. The van der Waals surface area contributed by atoms with Crippen LogP contribution in [0.5, 0.6) is 0 Å². The lowest BCUT2D eigenvalue weighted by molar-refractivity contribution is -0.137. The number of hydrogen-bond donors (Lipinski definition) is 2. The third-order valence-electron chi connectivity index (χ3n) is 5.13. The predicted molar refractivity (Wildman–Crippen MR) is 81.1 cm³/mol. The van der Waals surface area contributed by atoms with Gasteiger partial charge in [-0.05, 0) is 37.5 Å². The Labute approximate surface area is 127 Å². The molecule has 1 saturated heterocycles. The molecule has 2 rings (SSSR count). The number of carbonyl (C=O) groups is 2. The highest BCUT2D eigenvalue weighted by Crippen LogP contribution is 2.30. The largest absolute Gasteiger partial charge is 0.481 e. The smallest absolute Gasteiger partial charge is 0.317 e. The molecule has 1 aliphatic carbocycles. The number of carboxylic acid groups (broad SMARTS) is 1. The van der Waals surface area contributed by atoms with Gasteiger partial charge in [-0.15, -0.1) is 0 Å². The Morgan fingerprint density at radius 2 is 1.81 bits per heavy atom. The molecule has 5 nitrogen and oxygen atoms in total. The Bertz CT molecular complexity index is 365. The molecule has 2 amide bonds. The van der Waals surface area contributed by atoms with E-state index in [1.165, 1.54) is 32.1 Å². The highest BCUT2D eigenvalue weighted by Gasteiger charge is 2.30. The van der Waals surface area contributed by atoms with Gasteiger partial charge in [0.25, 0.3) is 0 Å². The average molecular weight is 296 g/mol. The molecule has 0 radical (unpaired) electrons. The van der Waals surface area contributed by atoms with Crippen molar-refractivity contribution in [3.8, 4) is 0 Å². The van der Waals surface area contributed by atoms with E-state index in [1.807, 2.05) is 0 Å². The molecule has 1 aliphatic heterocycles. The zero-order valence-corrected chi connectivity index (χ0v) is 13.0. The van der Waals surface area contributed by atoms with Gasteiger partial charge in [0, 0.05) is 19.1 Å². The van der Waals surface area contributed by atoms with Crippen LogP contribution in [0.1, 0.15) is 58.3 Å². The molecule has 0 spiro atoms. The molecule has 2 N–H and O–H groups in total. The maximum atomic E-state index is 12.2. The van der Waals surface area contributed by atoms with Crippen molar-refractivity contribution in [2.45, 2.75) is 64.3 Å². The van der Waals surface area contributed by atoms with Crippen molar-refractivity contribution >= 4 is 12.0 Å². The van der Waals surface area contributed by atoms with Crippen LogP contribution in [0, 0.1) is 11.8 Å². The summed E-state index contributed by atoms with van der Waals surface area (Å²) in [6, 6.07) is -0.199.